The van der Waals surface area contributed by atoms with Crippen LogP contribution < -0.4 is 16.0 Å². The summed E-state index contributed by atoms with van der Waals surface area (Å²) in [6.45, 7) is 0. The molecule has 25 heavy (non-hydrogen) atoms. The van der Waals surface area contributed by atoms with Crippen LogP contribution in [0.2, 0.25) is 0 Å². The van der Waals surface area contributed by atoms with Gasteiger partial charge in [0.2, 0.25) is 0 Å². The Morgan fingerprint density at radius 3 is 2.84 bits per heavy atom. The minimum atomic E-state index is -0.967. The van der Waals surface area contributed by atoms with Crippen molar-refractivity contribution in [3.63, 3.8) is 0 Å². The third kappa shape index (κ3) is 2.95. The topological polar surface area (TPSA) is 96.2 Å². The highest BCUT2D eigenvalue weighted by Crippen LogP contribution is 2.26. The molecule has 0 radical (unpaired) electrons. The van der Waals surface area contributed by atoms with Crippen LogP contribution in [0, 0.1) is 0 Å². The van der Waals surface area contributed by atoms with Crippen molar-refractivity contribution in [1.82, 2.24) is 24.9 Å². The monoisotopic (exact) mass is 341 g/mol. The number of carbonyl (C=O) groups is 1. The number of fused-ring (bicyclic) bond motifs is 1. The summed E-state index contributed by atoms with van der Waals surface area (Å²) in [6.07, 6.45) is 2.48. The van der Waals surface area contributed by atoms with E-state index in [1.165, 1.54) is 10.7 Å². The second-order valence-corrected chi connectivity index (χ2v) is 5.74. The lowest BCUT2D eigenvalue weighted by atomic mass is 10.4. The molecule has 8 nitrogen and oxygen atoms in total. The van der Waals surface area contributed by atoms with E-state index in [9.17, 15) is 9.18 Å². The van der Waals surface area contributed by atoms with Crippen LogP contribution in [0.3, 0.4) is 0 Å². The minimum absolute atomic E-state index is 0.246. The predicted molar refractivity (Wildman–Crippen MR) is 90.8 cm³/mol. The summed E-state index contributed by atoms with van der Waals surface area (Å²) < 4.78 is 14.5. The van der Waals surface area contributed by atoms with Gasteiger partial charge in [0.05, 0.1) is 17.9 Å². The van der Waals surface area contributed by atoms with Gasteiger partial charge in [-0.05, 0) is 12.1 Å². The molecule has 0 bridgehead atoms. The number of imidazole rings is 1. The quantitative estimate of drug-likeness (QED) is 0.654. The number of nitrogens with one attached hydrogen (secondary N) is 3. The smallest absolute Gasteiger partial charge is 0.271 e. The first-order valence-corrected chi connectivity index (χ1v) is 7.85. The number of nitrogens with zero attached hydrogens (tertiary/aromatic N) is 4. The van der Waals surface area contributed by atoms with Crippen molar-refractivity contribution in [3.05, 3.63) is 42.4 Å². The summed E-state index contributed by atoms with van der Waals surface area (Å²) in [6, 6.07) is 6.83. The van der Waals surface area contributed by atoms with Gasteiger partial charge >= 0.3 is 0 Å². The summed E-state index contributed by atoms with van der Waals surface area (Å²) in [5, 5.41) is 13.2. The van der Waals surface area contributed by atoms with Crippen LogP contribution in [0.25, 0.3) is 5.65 Å². The average Bonchev–Trinajstić information content (AvgIpc) is 3.14. The van der Waals surface area contributed by atoms with Gasteiger partial charge in [-0.2, -0.15) is 0 Å². The van der Waals surface area contributed by atoms with Crippen molar-refractivity contribution >= 4 is 28.9 Å². The molecule has 1 amide bonds. The third-order valence-corrected chi connectivity index (χ3v) is 3.92. The van der Waals surface area contributed by atoms with Crippen LogP contribution in [0.5, 0.6) is 0 Å². The molecule has 3 heterocycles. The molecule has 2 atom stereocenters. The number of rotatable bonds is 5. The molecule has 4 rings (SSSR count). The zero-order chi connectivity index (χ0) is 17.4. The first kappa shape index (κ1) is 15.3. The number of hydrogen-bond donors (Lipinski definition) is 3. The molecule has 0 unspecified atom stereocenters. The standard InChI is InChI=1S/C16H16FN7O/c1-18-11-7-14(22-13-4-2-3-5-19-13)23-24-12(8-20-15(11)24)16(25)21-10-6-9(10)17/h2-5,7-10,18H,6H2,1H3,(H,21,25)(H,19,22,23)/t9-,10+/m0/s1. The second-order valence-electron chi connectivity index (χ2n) is 5.74. The van der Waals surface area contributed by atoms with Crippen LogP contribution >= 0.6 is 0 Å². The van der Waals surface area contributed by atoms with Gasteiger partial charge in [0.25, 0.3) is 5.91 Å². The molecular formula is C16H16FN7O. The molecule has 1 saturated carbocycles. The molecule has 0 saturated heterocycles. The summed E-state index contributed by atoms with van der Waals surface area (Å²) in [5.74, 6) is 0.723. The van der Waals surface area contributed by atoms with E-state index in [0.717, 1.165) is 0 Å². The van der Waals surface area contributed by atoms with Crippen LogP contribution in [0.1, 0.15) is 16.9 Å². The Morgan fingerprint density at radius 2 is 2.16 bits per heavy atom. The minimum Gasteiger partial charge on any atom is -0.385 e. The van der Waals surface area contributed by atoms with E-state index < -0.39 is 18.1 Å². The van der Waals surface area contributed by atoms with E-state index >= 15 is 0 Å². The molecule has 3 aromatic rings. The lowest BCUT2D eigenvalue weighted by Gasteiger charge is -2.10. The number of halogens is 1. The van der Waals surface area contributed by atoms with Crippen molar-refractivity contribution in [3.8, 4) is 0 Å². The number of amides is 1. The first-order valence-electron chi connectivity index (χ1n) is 7.85. The Kier molecular flexibility index (Phi) is 3.68. The largest absolute Gasteiger partial charge is 0.385 e. The van der Waals surface area contributed by atoms with E-state index in [4.69, 9.17) is 0 Å². The van der Waals surface area contributed by atoms with Crippen LogP contribution in [-0.2, 0) is 0 Å². The molecule has 1 aliphatic carbocycles. The van der Waals surface area contributed by atoms with E-state index in [2.05, 4.69) is 31.0 Å². The molecule has 3 aromatic heterocycles. The molecule has 0 aliphatic heterocycles. The van der Waals surface area contributed by atoms with Crippen molar-refractivity contribution in [2.75, 3.05) is 17.7 Å². The Labute approximate surface area is 142 Å². The van der Waals surface area contributed by atoms with E-state index in [1.54, 1.807) is 25.4 Å². The number of carbonyl (C=O) groups excluding carboxylic acids is 1. The third-order valence-electron chi connectivity index (χ3n) is 3.92. The van der Waals surface area contributed by atoms with Gasteiger partial charge in [-0.25, -0.2) is 18.9 Å². The number of pyridine rings is 1. The lowest BCUT2D eigenvalue weighted by Crippen LogP contribution is -2.28. The van der Waals surface area contributed by atoms with Gasteiger partial charge in [0.15, 0.2) is 17.2 Å². The van der Waals surface area contributed by atoms with E-state index in [1.807, 2.05) is 12.1 Å². The Bertz CT molecular complexity index is 927. The maximum absolute atomic E-state index is 13.0. The second kappa shape index (κ2) is 6.00. The highest BCUT2D eigenvalue weighted by atomic mass is 19.1. The SMILES string of the molecule is CNc1cc(Nc2ccccn2)nn2c(C(=O)N[C@@H]3C[C@@H]3F)cnc12. The van der Waals surface area contributed by atoms with Crippen LogP contribution in [0.15, 0.2) is 36.7 Å². The van der Waals surface area contributed by atoms with Crippen molar-refractivity contribution in [2.24, 2.45) is 0 Å². The molecule has 0 spiro atoms. The zero-order valence-electron chi connectivity index (χ0n) is 13.4. The number of hydrogen-bond acceptors (Lipinski definition) is 6. The molecule has 9 heteroatoms. The van der Waals surface area contributed by atoms with Crippen LogP contribution in [0.4, 0.5) is 21.7 Å². The summed E-state index contributed by atoms with van der Waals surface area (Å²) >= 11 is 0. The van der Waals surface area contributed by atoms with E-state index in [0.29, 0.717) is 29.4 Å². The fourth-order valence-corrected chi connectivity index (χ4v) is 2.49. The summed E-state index contributed by atoms with van der Waals surface area (Å²) in [5.41, 5.74) is 1.45. The van der Waals surface area contributed by atoms with Gasteiger partial charge < -0.3 is 16.0 Å². The van der Waals surface area contributed by atoms with Crippen molar-refractivity contribution in [1.29, 1.82) is 0 Å². The van der Waals surface area contributed by atoms with Crippen molar-refractivity contribution in [2.45, 2.75) is 18.6 Å². The zero-order valence-corrected chi connectivity index (χ0v) is 13.4. The highest BCUT2D eigenvalue weighted by Gasteiger charge is 2.39. The molecule has 3 N–H and O–H groups in total. The Balaban J connectivity index is 1.70. The lowest BCUT2D eigenvalue weighted by molar-refractivity contribution is 0.0940. The maximum Gasteiger partial charge on any atom is 0.271 e. The van der Waals surface area contributed by atoms with Gasteiger partial charge in [-0.3, -0.25) is 4.79 Å². The summed E-state index contributed by atoms with van der Waals surface area (Å²) in [4.78, 5) is 20.8. The molecular weight excluding hydrogens is 325 g/mol. The Hall–Kier alpha value is -3.23. The number of anilines is 3. The Morgan fingerprint density at radius 1 is 1.32 bits per heavy atom. The fraction of sp³-hybridized carbons (Fsp3) is 0.250. The van der Waals surface area contributed by atoms with Crippen LogP contribution in [-0.4, -0.2) is 44.8 Å². The van der Waals surface area contributed by atoms with Crippen molar-refractivity contribution < 1.29 is 9.18 Å². The predicted octanol–water partition coefficient (Wildman–Crippen LogP) is 1.75. The van der Waals surface area contributed by atoms with E-state index in [-0.39, 0.29) is 5.69 Å². The average molecular weight is 341 g/mol. The molecule has 128 valence electrons. The molecule has 1 fully saturated rings. The number of alkyl halides is 1. The first-order chi connectivity index (χ1) is 12.2. The summed E-state index contributed by atoms with van der Waals surface area (Å²) in [7, 11) is 1.76. The van der Waals surface area contributed by atoms with Gasteiger partial charge in [-0.15, -0.1) is 5.10 Å². The fourth-order valence-electron chi connectivity index (χ4n) is 2.49. The highest BCUT2D eigenvalue weighted by molar-refractivity contribution is 5.94. The van der Waals surface area contributed by atoms with Gasteiger partial charge in [0.1, 0.15) is 12.0 Å². The molecule has 0 aromatic carbocycles. The maximum atomic E-state index is 13.0. The normalized spacial score (nSPS) is 18.8. The number of aromatic nitrogens is 4. The molecule has 1 aliphatic rings. The van der Waals surface area contributed by atoms with Gasteiger partial charge in [-0.1, -0.05) is 6.07 Å². The van der Waals surface area contributed by atoms with Gasteiger partial charge in [0, 0.05) is 25.7 Å².